The molecule has 1 aromatic heterocycles. The van der Waals surface area contributed by atoms with E-state index in [2.05, 4.69) is 9.82 Å². The van der Waals surface area contributed by atoms with Gasteiger partial charge in [0.05, 0.1) is 19.3 Å². The molecule has 0 bridgehead atoms. The van der Waals surface area contributed by atoms with Crippen LogP contribution in [-0.2, 0) is 23.1 Å². The highest BCUT2D eigenvalue weighted by molar-refractivity contribution is 7.89. The zero-order chi connectivity index (χ0) is 13.7. The summed E-state index contributed by atoms with van der Waals surface area (Å²) >= 11 is 0. The van der Waals surface area contributed by atoms with Gasteiger partial charge in [0.1, 0.15) is 4.90 Å². The summed E-state index contributed by atoms with van der Waals surface area (Å²) in [4.78, 5) is 0.0943. The first kappa shape index (κ1) is 13.7. The number of aliphatic hydroxyl groups excluding tert-OH is 1. The van der Waals surface area contributed by atoms with E-state index in [0.717, 1.165) is 5.56 Å². The lowest BCUT2D eigenvalue weighted by Gasteiger charge is -2.04. The van der Waals surface area contributed by atoms with Crippen LogP contribution in [0.5, 0.6) is 0 Å². The van der Waals surface area contributed by atoms with Gasteiger partial charge in [-0.15, -0.1) is 0 Å². The Morgan fingerprint density at radius 2 is 2.00 bits per heavy atom. The van der Waals surface area contributed by atoms with Gasteiger partial charge in [0.25, 0.3) is 0 Å². The van der Waals surface area contributed by atoms with Crippen LogP contribution in [0.15, 0.2) is 47.6 Å². The minimum absolute atomic E-state index is 0.0847. The molecular weight excluding hydrogens is 266 g/mol. The van der Waals surface area contributed by atoms with E-state index in [0.29, 0.717) is 0 Å². The zero-order valence-corrected chi connectivity index (χ0v) is 11.0. The van der Waals surface area contributed by atoms with Crippen molar-refractivity contribution in [2.75, 3.05) is 6.61 Å². The van der Waals surface area contributed by atoms with E-state index >= 15 is 0 Å². The first-order chi connectivity index (χ1) is 9.12. The number of nitrogens with one attached hydrogen (secondary N) is 1. The minimum Gasteiger partial charge on any atom is -0.394 e. The Morgan fingerprint density at radius 3 is 2.68 bits per heavy atom. The maximum atomic E-state index is 12.0. The monoisotopic (exact) mass is 281 g/mol. The van der Waals surface area contributed by atoms with Gasteiger partial charge in [0, 0.05) is 12.7 Å². The van der Waals surface area contributed by atoms with Crippen molar-refractivity contribution >= 4 is 10.0 Å². The molecular formula is C12H15N3O3S. The minimum atomic E-state index is -3.57. The van der Waals surface area contributed by atoms with Crippen LogP contribution in [-0.4, -0.2) is 29.9 Å². The van der Waals surface area contributed by atoms with E-state index in [9.17, 15) is 8.42 Å². The van der Waals surface area contributed by atoms with Crippen LogP contribution in [0.4, 0.5) is 0 Å². The fourth-order valence-electron chi connectivity index (χ4n) is 1.57. The fraction of sp³-hybridized carbons (Fsp3) is 0.250. The Kier molecular flexibility index (Phi) is 4.31. The summed E-state index contributed by atoms with van der Waals surface area (Å²) in [6.07, 6.45) is 2.66. The molecule has 2 N–H and O–H groups in total. The smallest absolute Gasteiger partial charge is 0.243 e. The van der Waals surface area contributed by atoms with Crippen LogP contribution in [0.2, 0.25) is 0 Å². The van der Waals surface area contributed by atoms with Gasteiger partial charge in [0.15, 0.2) is 0 Å². The first-order valence-corrected chi connectivity index (χ1v) is 7.27. The third kappa shape index (κ3) is 3.63. The summed E-state index contributed by atoms with van der Waals surface area (Å²) in [6, 6.07) is 9.26. The van der Waals surface area contributed by atoms with E-state index in [1.54, 1.807) is 0 Å². The largest absolute Gasteiger partial charge is 0.394 e. The topological polar surface area (TPSA) is 84.2 Å². The molecule has 0 aliphatic rings. The van der Waals surface area contributed by atoms with Gasteiger partial charge in [-0.2, -0.15) is 5.10 Å². The summed E-state index contributed by atoms with van der Waals surface area (Å²) in [7, 11) is -3.57. The molecule has 1 heterocycles. The van der Waals surface area contributed by atoms with Crippen molar-refractivity contribution in [3.63, 3.8) is 0 Å². The molecule has 7 heteroatoms. The normalized spacial score (nSPS) is 11.6. The second kappa shape index (κ2) is 5.96. The molecule has 19 heavy (non-hydrogen) atoms. The Balaban J connectivity index is 2.05. The summed E-state index contributed by atoms with van der Waals surface area (Å²) in [6.45, 7) is 0.418. The molecule has 0 aliphatic carbocycles. The fourth-order valence-corrected chi connectivity index (χ4v) is 2.54. The standard InChI is InChI=1S/C12H15N3O3S/c16-7-6-15-10-12(9-13-15)19(17,18)14-8-11-4-2-1-3-5-11/h1-5,9-10,14,16H,6-8H2. The van der Waals surface area contributed by atoms with Gasteiger partial charge >= 0.3 is 0 Å². The molecule has 0 spiro atoms. The quantitative estimate of drug-likeness (QED) is 0.800. The van der Waals surface area contributed by atoms with Crippen LogP contribution >= 0.6 is 0 Å². The number of nitrogens with zero attached hydrogens (tertiary/aromatic N) is 2. The molecule has 1 aromatic carbocycles. The van der Waals surface area contributed by atoms with E-state index in [1.165, 1.54) is 17.1 Å². The highest BCUT2D eigenvalue weighted by Gasteiger charge is 2.15. The van der Waals surface area contributed by atoms with Gasteiger partial charge in [-0.3, -0.25) is 4.68 Å². The van der Waals surface area contributed by atoms with E-state index in [1.807, 2.05) is 30.3 Å². The number of hydrogen-bond donors (Lipinski definition) is 2. The number of rotatable bonds is 6. The van der Waals surface area contributed by atoms with Crippen molar-refractivity contribution in [2.45, 2.75) is 18.0 Å². The summed E-state index contributed by atoms with van der Waals surface area (Å²) in [5, 5.41) is 12.6. The molecule has 0 unspecified atom stereocenters. The first-order valence-electron chi connectivity index (χ1n) is 5.79. The van der Waals surface area contributed by atoms with Crippen LogP contribution in [0.25, 0.3) is 0 Å². The van der Waals surface area contributed by atoms with Gasteiger partial charge in [-0.25, -0.2) is 13.1 Å². The summed E-state index contributed by atoms with van der Waals surface area (Å²) in [5.74, 6) is 0. The van der Waals surface area contributed by atoms with E-state index in [-0.39, 0.29) is 24.6 Å². The highest BCUT2D eigenvalue weighted by atomic mass is 32.2. The number of hydrogen-bond acceptors (Lipinski definition) is 4. The molecule has 6 nitrogen and oxygen atoms in total. The molecule has 102 valence electrons. The maximum Gasteiger partial charge on any atom is 0.243 e. The van der Waals surface area contributed by atoms with Crippen LogP contribution in [0.3, 0.4) is 0 Å². The highest BCUT2D eigenvalue weighted by Crippen LogP contribution is 2.08. The van der Waals surface area contributed by atoms with Gasteiger partial charge in [0.2, 0.25) is 10.0 Å². The van der Waals surface area contributed by atoms with E-state index in [4.69, 9.17) is 5.11 Å². The van der Waals surface area contributed by atoms with Crippen molar-refractivity contribution in [1.82, 2.24) is 14.5 Å². The molecule has 2 rings (SSSR count). The Morgan fingerprint density at radius 1 is 1.26 bits per heavy atom. The lowest BCUT2D eigenvalue weighted by molar-refractivity contribution is 0.269. The SMILES string of the molecule is O=S(=O)(NCc1ccccc1)c1cnn(CCO)c1. The van der Waals surface area contributed by atoms with Gasteiger partial charge in [-0.1, -0.05) is 30.3 Å². The second-order valence-electron chi connectivity index (χ2n) is 3.97. The molecule has 0 aliphatic heterocycles. The van der Waals surface area contributed by atoms with Crippen molar-refractivity contribution < 1.29 is 13.5 Å². The molecule has 0 radical (unpaired) electrons. The van der Waals surface area contributed by atoms with Crippen molar-refractivity contribution in [3.05, 3.63) is 48.3 Å². The number of aromatic nitrogens is 2. The molecule has 0 saturated carbocycles. The molecule has 2 aromatic rings. The Bertz CT molecular complexity index is 623. The molecule has 0 atom stereocenters. The Hall–Kier alpha value is -1.70. The van der Waals surface area contributed by atoms with Crippen LogP contribution in [0.1, 0.15) is 5.56 Å². The van der Waals surface area contributed by atoms with Gasteiger partial charge in [-0.05, 0) is 5.56 Å². The van der Waals surface area contributed by atoms with Crippen molar-refractivity contribution in [2.24, 2.45) is 0 Å². The third-order valence-electron chi connectivity index (χ3n) is 2.56. The second-order valence-corrected chi connectivity index (χ2v) is 5.74. The lowest BCUT2D eigenvalue weighted by Crippen LogP contribution is -2.22. The zero-order valence-electron chi connectivity index (χ0n) is 10.2. The van der Waals surface area contributed by atoms with Crippen molar-refractivity contribution in [3.8, 4) is 0 Å². The Labute approximate surface area is 111 Å². The van der Waals surface area contributed by atoms with Crippen molar-refractivity contribution in [1.29, 1.82) is 0 Å². The van der Waals surface area contributed by atoms with Crippen LogP contribution < -0.4 is 4.72 Å². The maximum absolute atomic E-state index is 12.0. The average molecular weight is 281 g/mol. The van der Waals surface area contributed by atoms with Gasteiger partial charge < -0.3 is 5.11 Å². The number of sulfonamides is 1. The summed E-state index contributed by atoms with van der Waals surface area (Å²) in [5.41, 5.74) is 0.883. The number of aliphatic hydroxyl groups is 1. The summed E-state index contributed by atoms with van der Waals surface area (Å²) < 4.78 is 27.9. The molecule has 0 saturated heterocycles. The predicted octanol–water partition coefficient (Wildman–Crippen LogP) is 0.354. The van der Waals surface area contributed by atoms with E-state index < -0.39 is 10.0 Å². The third-order valence-corrected chi connectivity index (χ3v) is 3.91. The number of benzene rings is 1. The predicted molar refractivity (Wildman–Crippen MR) is 69.8 cm³/mol. The van der Waals surface area contributed by atoms with Crippen LogP contribution in [0, 0.1) is 0 Å². The molecule has 0 amide bonds. The lowest BCUT2D eigenvalue weighted by atomic mass is 10.2. The average Bonchev–Trinajstić information content (AvgIpc) is 2.88. The molecule has 0 fully saturated rings.